The first kappa shape index (κ1) is 21.6. The lowest BCUT2D eigenvalue weighted by Crippen LogP contribution is -2.33. The zero-order valence-electron chi connectivity index (χ0n) is 17.9. The lowest BCUT2D eigenvalue weighted by Gasteiger charge is -2.29. The number of hydrogen-bond acceptors (Lipinski definition) is 5. The molecule has 0 bridgehead atoms. The van der Waals surface area contributed by atoms with Crippen LogP contribution in [0.2, 0.25) is 0 Å². The molecule has 7 heteroatoms. The van der Waals surface area contributed by atoms with Crippen molar-refractivity contribution in [3.63, 3.8) is 0 Å². The quantitative estimate of drug-likeness (QED) is 0.676. The highest BCUT2D eigenvalue weighted by atomic mass is 16.4. The van der Waals surface area contributed by atoms with Crippen LogP contribution in [0.5, 0.6) is 0 Å². The third-order valence-electron chi connectivity index (χ3n) is 5.27. The first-order valence-electron chi connectivity index (χ1n) is 10.6. The number of hydrogen-bond donors (Lipinski definition) is 2. The van der Waals surface area contributed by atoms with E-state index in [1.54, 1.807) is 12.1 Å². The van der Waals surface area contributed by atoms with Crippen LogP contribution < -0.4 is 15.1 Å². The van der Waals surface area contributed by atoms with Crippen LogP contribution in [0.4, 0.5) is 17.2 Å². The maximum Gasteiger partial charge on any atom is 0.335 e. The van der Waals surface area contributed by atoms with Crippen molar-refractivity contribution >= 4 is 29.1 Å². The monoisotopic (exact) mass is 410 g/mol. The van der Waals surface area contributed by atoms with Gasteiger partial charge in [-0.3, -0.25) is 4.79 Å². The third-order valence-corrected chi connectivity index (χ3v) is 5.27. The largest absolute Gasteiger partial charge is 0.478 e. The molecule has 0 saturated carbocycles. The molecule has 160 valence electrons. The molecular formula is C23H30N4O3. The molecule has 1 aromatic heterocycles. The summed E-state index contributed by atoms with van der Waals surface area (Å²) in [5, 5.41) is 11.9. The molecule has 0 radical (unpaired) electrons. The summed E-state index contributed by atoms with van der Waals surface area (Å²) >= 11 is 0. The molecule has 3 rings (SSSR count). The Morgan fingerprint density at radius 1 is 1.17 bits per heavy atom. The molecule has 1 aliphatic rings. The fourth-order valence-corrected chi connectivity index (χ4v) is 3.69. The molecule has 1 aromatic carbocycles. The molecule has 7 nitrogen and oxygen atoms in total. The number of pyridine rings is 1. The van der Waals surface area contributed by atoms with Crippen molar-refractivity contribution < 1.29 is 14.7 Å². The number of nitrogens with zero attached hydrogens (tertiary/aromatic N) is 3. The predicted molar refractivity (Wildman–Crippen MR) is 120 cm³/mol. The highest BCUT2D eigenvalue weighted by Gasteiger charge is 2.20. The van der Waals surface area contributed by atoms with E-state index in [0.29, 0.717) is 11.4 Å². The average Bonchev–Trinajstić information content (AvgIpc) is 3.26. The number of carboxylic acids is 1. The van der Waals surface area contributed by atoms with E-state index in [-0.39, 0.29) is 17.5 Å². The van der Waals surface area contributed by atoms with Crippen LogP contribution in [-0.2, 0) is 0 Å². The van der Waals surface area contributed by atoms with Gasteiger partial charge in [-0.2, -0.15) is 0 Å². The molecule has 0 atom stereocenters. The number of benzene rings is 1. The van der Waals surface area contributed by atoms with Crippen LogP contribution in [0.15, 0.2) is 36.4 Å². The molecule has 1 aliphatic heterocycles. The van der Waals surface area contributed by atoms with Crippen LogP contribution in [0.25, 0.3) is 0 Å². The first-order valence-corrected chi connectivity index (χ1v) is 10.6. The van der Waals surface area contributed by atoms with Gasteiger partial charge in [0.1, 0.15) is 11.5 Å². The van der Waals surface area contributed by atoms with Crippen molar-refractivity contribution in [3.8, 4) is 0 Å². The smallest absolute Gasteiger partial charge is 0.335 e. The van der Waals surface area contributed by atoms with E-state index in [2.05, 4.69) is 46.9 Å². The molecular weight excluding hydrogens is 380 g/mol. The molecule has 0 spiro atoms. The molecule has 1 amide bonds. The topological polar surface area (TPSA) is 85.8 Å². The van der Waals surface area contributed by atoms with E-state index in [9.17, 15) is 9.59 Å². The molecule has 2 aromatic rings. The Labute approximate surface area is 177 Å². The Kier molecular flexibility index (Phi) is 6.92. The number of amides is 1. The fraction of sp³-hybridized carbons (Fsp3) is 0.435. The molecule has 30 heavy (non-hydrogen) atoms. The lowest BCUT2D eigenvalue weighted by molar-refractivity contribution is 0.0696. The minimum atomic E-state index is -0.998. The highest BCUT2D eigenvalue weighted by Crippen LogP contribution is 2.27. The van der Waals surface area contributed by atoms with Crippen LogP contribution in [0.3, 0.4) is 0 Å². The molecule has 2 N–H and O–H groups in total. The predicted octanol–water partition coefficient (Wildman–Crippen LogP) is 4.26. The van der Waals surface area contributed by atoms with Crippen LogP contribution in [-0.4, -0.2) is 47.6 Å². The van der Waals surface area contributed by atoms with E-state index in [4.69, 9.17) is 5.11 Å². The van der Waals surface area contributed by atoms with E-state index >= 15 is 0 Å². The van der Waals surface area contributed by atoms with E-state index in [0.717, 1.165) is 50.4 Å². The van der Waals surface area contributed by atoms with Crippen molar-refractivity contribution in [1.82, 2.24) is 4.98 Å². The minimum Gasteiger partial charge on any atom is -0.478 e. The second-order valence-electron chi connectivity index (χ2n) is 7.89. The third kappa shape index (κ3) is 5.09. The number of nitrogens with one attached hydrogen (secondary N) is 1. The maximum atomic E-state index is 13.0. The zero-order valence-corrected chi connectivity index (χ0v) is 17.9. The number of anilines is 3. The van der Waals surface area contributed by atoms with E-state index in [1.807, 2.05) is 6.07 Å². The van der Waals surface area contributed by atoms with Crippen LogP contribution in [0, 0.1) is 0 Å². The molecule has 0 aliphatic carbocycles. The van der Waals surface area contributed by atoms with Crippen molar-refractivity contribution in [2.75, 3.05) is 34.8 Å². The average molecular weight is 411 g/mol. The van der Waals surface area contributed by atoms with Gasteiger partial charge in [0.25, 0.3) is 5.91 Å². The van der Waals surface area contributed by atoms with Crippen molar-refractivity contribution in [3.05, 3.63) is 47.7 Å². The summed E-state index contributed by atoms with van der Waals surface area (Å²) in [5.74, 6) is -0.495. The fourth-order valence-electron chi connectivity index (χ4n) is 3.69. The second-order valence-corrected chi connectivity index (χ2v) is 7.89. The summed E-state index contributed by atoms with van der Waals surface area (Å²) in [6.07, 6.45) is 3.29. The number of carbonyl (C=O) groups excluding carboxylic acids is 1. The molecule has 1 fully saturated rings. The van der Waals surface area contributed by atoms with Gasteiger partial charge >= 0.3 is 5.97 Å². The number of carboxylic acid groups (broad SMARTS) is 1. The minimum absolute atomic E-state index is 0.177. The van der Waals surface area contributed by atoms with Crippen LogP contribution >= 0.6 is 0 Å². The molecule has 0 unspecified atom stereocenters. The second kappa shape index (κ2) is 9.61. The summed E-state index contributed by atoms with van der Waals surface area (Å²) in [6.45, 7) is 9.22. The Balaban J connectivity index is 1.91. The summed E-state index contributed by atoms with van der Waals surface area (Å²) in [7, 11) is 0. The molecule has 1 saturated heterocycles. The Hall–Kier alpha value is -3.09. The van der Waals surface area contributed by atoms with Crippen LogP contribution in [0.1, 0.15) is 60.9 Å². The van der Waals surface area contributed by atoms with Gasteiger partial charge in [-0.1, -0.05) is 6.92 Å². The Morgan fingerprint density at radius 3 is 2.40 bits per heavy atom. The van der Waals surface area contributed by atoms with Gasteiger partial charge in [0, 0.05) is 43.1 Å². The van der Waals surface area contributed by atoms with Gasteiger partial charge in [-0.15, -0.1) is 0 Å². The van der Waals surface area contributed by atoms with Gasteiger partial charge in [0.15, 0.2) is 0 Å². The first-order chi connectivity index (χ1) is 14.4. The van der Waals surface area contributed by atoms with E-state index in [1.165, 1.54) is 12.1 Å². The van der Waals surface area contributed by atoms with Crippen molar-refractivity contribution in [1.29, 1.82) is 0 Å². The Morgan fingerprint density at radius 2 is 1.83 bits per heavy atom. The summed E-state index contributed by atoms with van der Waals surface area (Å²) in [4.78, 5) is 33.2. The van der Waals surface area contributed by atoms with Gasteiger partial charge < -0.3 is 20.2 Å². The van der Waals surface area contributed by atoms with Gasteiger partial charge in [0.05, 0.1) is 5.56 Å². The summed E-state index contributed by atoms with van der Waals surface area (Å²) < 4.78 is 0. The van der Waals surface area contributed by atoms with Gasteiger partial charge in [-0.25, -0.2) is 9.78 Å². The lowest BCUT2D eigenvalue weighted by atomic mass is 10.2. The van der Waals surface area contributed by atoms with E-state index < -0.39 is 5.97 Å². The zero-order chi connectivity index (χ0) is 21.7. The van der Waals surface area contributed by atoms with Gasteiger partial charge in [-0.05, 0) is 63.4 Å². The number of aromatic carboxylic acids is 1. The maximum absolute atomic E-state index is 13.0. The summed E-state index contributed by atoms with van der Waals surface area (Å²) in [6, 6.07) is 10.3. The molecule has 2 heterocycles. The highest BCUT2D eigenvalue weighted by molar-refractivity contribution is 6.04. The number of aromatic nitrogens is 1. The van der Waals surface area contributed by atoms with Crippen molar-refractivity contribution in [2.45, 2.75) is 46.1 Å². The SMILES string of the molecule is CCCN(c1cc(N2CCCC2)cc(C(=O)Nc2ccc(C(=O)O)cc2)n1)C(C)C. The Bertz CT molecular complexity index is 890. The van der Waals surface area contributed by atoms with Crippen molar-refractivity contribution in [2.24, 2.45) is 0 Å². The summed E-state index contributed by atoms with van der Waals surface area (Å²) in [5.41, 5.74) is 2.09. The standard InChI is InChI=1S/C23H30N4O3/c1-4-11-27(16(2)3)21-15-19(26-12-5-6-13-26)14-20(25-21)22(28)24-18-9-7-17(8-10-18)23(29)30/h7-10,14-16H,4-6,11-13H2,1-3H3,(H,24,28)(H,29,30). The van der Waals surface area contributed by atoms with Gasteiger partial charge in [0.2, 0.25) is 0 Å². The normalized spacial score (nSPS) is 13.5. The number of rotatable bonds is 8. The number of carbonyl (C=O) groups is 2.